The first-order valence-corrected chi connectivity index (χ1v) is 6.32. The first kappa shape index (κ1) is 13.8. The van der Waals surface area contributed by atoms with Crippen molar-refractivity contribution in [2.45, 2.75) is 46.5 Å². The average molecular weight is 232 g/mol. The van der Waals surface area contributed by atoms with Crippen molar-refractivity contribution >= 4 is 0 Å². The summed E-state index contributed by atoms with van der Waals surface area (Å²) in [6.45, 7) is 8.70. The lowest BCUT2D eigenvalue weighted by Crippen LogP contribution is -1.95. The Balaban J connectivity index is 2.66. The van der Waals surface area contributed by atoms with Gasteiger partial charge in [-0.2, -0.15) is 0 Å². The molecule has 0 N–H and O–H groups in total. The van der Waals surface area contributed by atoms with E-state index in [1.807, 2.05) is 0 Å². The van der Waals surface area contributed by atoms with Gasteiger partial charge in [0.2, 0.25) is 0 Å². The van der Waals surface area contributed by atoms with Crippen molar-refractivity contribution in [1.82, 2.24) is 0 Å². The zero-order valence-corrected chi connectivity index (χ0v) is 11.7. The Labute approximate surface area is 106 Å². The van der Waals surface area contributed by atoms with Crippen LogP contribution in [0.2, 0.25) is 0 Å². The van der Waals surface area contributed by atoms with E-state index in [2.05, 4.69) is 52.0 Å². The van der Waals surface area contributed by atoms with Crippen LogP contribution in [-0.2, 0) is 0 Å². The molecular weight excluding hydrogens is 208 g/mol. The second-order valence-electron chi connectivity index (χ2n) is 4.99. The minimum atomic E-state index is 0.607. The fourth-order valence-corrected chi connectivity index (χ4v) is 2.00. The summed E-state index contributed by atoms with van der Waals surface area (Å²) in [4.78, 5) is 0. The molecule has 0 aliphatic rings. The number of allylic oxidation sites excluding steroid dienone is 2. The number of rotatable bonds is 5. The standard InChI is InChI=1S/C16H24O/c1-12(2)7-6-8-13(3)15-9-10-16(17-5)14(4)11-15/h7,9-11,13H,6,8H2,1-5H3/t13-/m1/s1. The highest BCUT2D eigenvalue weighted by molar-refractivity contribution is 5.37. The minimum Gasteiger partial charge on any atom is -0.496 e. The molecule has 0 unspecified atom stereocenters. The number of hydrogen-bond acceptors (Lipinski definition) is 1. The quantitative estimate of drug-likeness (QED) is 0.659. The van der Waals surface area contributed by atoms with E-state index in [1.165, 1.54) is 23.1 Å². The van der Waals surface area contributed by atoms with Crippen LogP contribution in [0.3, 0.4) is 0 Å². The van der Waals surface area contributed by atoms with Gasteiger partial charge in [-0.1, -0.05) is 30.7 Å². The van der Waals surface area contributed by atoms with E-state index in [-0.39, 0.29) is 0 Å². The average Bonchev–Trinajstić information content (AvgIpc) is 2.28. The molecule has 1 aromatic rings. The fourth-order valence-electron chi connectivity index (χ4n) is 2.00. The Morgan fingerprint density at radius 3 is 2.59 bits per heavy atom. The summed E-state index contributed by atoms with van der Waals surface area (Å²) in [5.41, 5.74) is 4.03. The molecule has 17 heavy (non-hydrogen) atoms. The largest absolute Gasteiger partial charge is 0.496 e. The van der Waals surface area contributed by atoms with Gasteiger partial charge in [0.05, 0.1) is 7.11 Å². The molecule has 0 bridgehead atoms. The van der Waals surface area contributed by atoms with Crippen LogP contribution in [-0.4, -0.2) is 7.11 Å². The first-order chi connectivity index (χ1) is 8.04. The Bertz CT molecular complexity index is 387. The second kappa shape index (κ2) is 6.48. The van der Waals surface area contributed by atoms with E-state index in [0.717, 1.165) is 12.2 Å². The third kappa shape index (κ3) is 4.26. The van der Waals surface area contributed by atoms with E-state index in [0.29, 0.717) is 5.92 Å². The molecule has 0 saturated carbocycles. The molecule has 1 rings (SSSR count). The molecule has 0 amide bonds. The summed E-state index contributed by atoms with van der Waals surface area (Å²) in [6, 6.07) is 6.49. The Hall–Kier alpha value is -1.24. The Kier molecular flexibility index (Phi) is 5.27. The van der Waals surface area contributed by atoms with Gasteiger partial charge in [0.15, 0.2) is 0 Å². The predicted molar refractivity (Wildman–Crippen MR) is 74.8 cm³/mol. The lowest BCUT2D eigenvalue weighted by atomic mass is 9.94. The third-order valence-electron chi connectivity index (χ3n) is 3.14. The normalized spacial score (nSPS) is 12.1. The van der Waals surface area contributed by atoms with E-state index in [9.17, 15) is 0 Å². The number of methoxy groups -OCH3 is 1. The summed E-state index contributed by atoms with van der Waals surface area (Å²) < 4.78 is 5.28. The predicted octanol–water partition coefficient (Wildman–Crippen LogP) is 4.85. The number of aryl methyl sites for hydroxylation is 1. The SMILES string of the molecule is COc1ccc([C@H](C)CCC=C(C)C)cc1C. The maximum atomic E-state index is 5.28. The van der Waals surface area contributed by atoms with Gasteiger partial charge in [-0.05, 0) is 56.7 Å². The summed E-state index contributed by atoms with van der Waals surface area (Å²) >= 11 is 0. The van der Waals surface area contributed by atoms with Crippen LogP contribution in [0.4, 0.5) is 0 Å². The number of hydrogen-bond donors (Lipinski definition) is 0. The molecule has 1 aromatic carbocycles. The van der Waals surface area contributed by atoms with Gasteiger partial charge in [0.1, 0.15) is 5.75 Å². The topological polar surface area (TPSA) is 9.23 Å². The second-order valence-corrected chi connectivity index (χ2v) is 4.99. The maximum absolute atomic E-state index is 5.28. The first-order valence-electron chi connectivity index (χ1n) is 6.32. The molecule has 0 fully saturated rings. The van der Waals surface area contributed by atoms with Crippen LogP contribution >= 0.6 is 0 Å². The van der Waals surface area contributed by atoms with Crippen molar-refractivity contribution in [3.05, 3.63) is 41.0 Å². The van der Waals surface area contributed by atoms with Gasteiger partial charge in [-0.3, -0.25) is 0 Å². The van der Waals surface area contributed by atoms with Crippen molar-refractivity contribution in [2.75, 3.05) is 7.11 Å². The van der Waals surface area contributed by atoms with Gasteiger partial charge in [-0.15, -0.1) is 0 Å². The monoisotopic (exact) mass is 232 g/mol. The highest BCUT2D eigenvalue weighted by Gasteiger charge is 2.06. The molecule has 1 atom stereocenters. The van der Waals surface area contributed by atoms with Crippen molar-refractivity contribution in [3.8, 4) is 5.75 Å². The Morgan fingerprint density at radius 1 is 1.35 bits per heavy atom. The molecule has 0 heterocycles. The summed E-state index contributed by atoms with van der Waals surface area (Å²) in [5.74, 6) is 1.58. The lowest BCUT2D eigenvalue weighted by Gasteiger charge is -2.13. The van der Waals surface area contributed by atoms with Crippen molar-refractivity contribution in [3.63, 3.8) is 0 Å². The highest BCUT2D eigenvalue weighted by atomic mass is 16.5. The van der Waals surface area contributed by atoms with Gasteiger partial charge >= 0.3 is 0 Å². The zero-order valence-electron chi connectivity index (χ0n) is 11.7. The molecule has 0 radical (unpaired) electrons. The molecular formula is C16H24O. The van der Waals surface area contributed by atoms with Crippen LogP contribution in [0.5, 0.6) is 5.75 Å². The highest BCUT2D eigenvalue weighted by Crippen LogP contribution is 2.26. The molecule has 0 saturated heterocycles. The van der Waals surface area contributed by atoms with E-state index < -0.39 is 0 Å². The molecule has 94 valence electrons. The van der Waals surface area contributed by atoms with Crippen molar-refractivity contribution in [2.24, 2.45) is 0 Å². The molecule has 1 heteroatoms. The minimum absolute atomic E-state index is 0.607. The third-order valence-corrected chi connectivity index (χ3v) is 3.14. The molecule has 0 spiro atoms. The van der Waals surface area contributed by atoms with E-state index >= 15 is 0 Å². The fraction of sp³-hybridized carbons (Fsp3) is 0.500. The summed E-state index contributed by atoms with van der Waals surface area (Å²) in [7, 11) is 1.72. The lowest BCUT2D eigenvalue weighted by molar-refractivity contribution is 0.411. The van der Waals surface area contributed by atoms with Crippen LogP contribution in [0, 0.1) is 6.92 Å². The molecule has 0 aliphatic heterocycles. The summed E-state index contributed by atoms with van der Waals surface area (Å²) in [6.07, 6.45) is 4.68. The van der Waals surface area contributed by atoms with Crippen LogP contribution in [0.15, 0.2) is 29.8 Å². The maximum Gasteiger partial charge on any atom is 0.121 e. The van der Waals surface area contributed by atoms with E-state index in [1.54, 1.807) is 7.11 Å². The number of benzene rings is 1. The van der Waals surface area contributed by atoms with Gasteiger partial charge in [0.25, 0.3) is 0 Å². The molecule has 1 nitrogen and oxygen atoms in total. The Morgan fingerprint density at radius 2 is 2.06 bits per heavy atom. The molecule has 0 aromatic heterocycles. The van der Waals surface area contributed by atoms with Gasteiger partial charge in [-0.25, -0.2) is 0 Å². The summed E-state index contributed by atoms with van der Waals surface area (Å²) in [5, 5.41) is 0. The molecule has 0 aliphatic carbocycles. The number of ether oxygens (including phenoxy) is 1. The van der Waals surface area contributed by atoms with Crippen LogP contribution < -0.4 is 4.74 Å². The van der Waals surface area contributed by atoms with Crippen molar-refractivity contribution in [1.29, 1.82) is 0 Å². The van der Waals surface area contributed by atoms with Crippen molar-refractivity contribution < 1.29 is 4.74 Å². The zero-order chi connectivity index (χ0) is 12.8. The smallest absolute Gasteiger partial charge is 0.121 e. The van der Waals surface area contributed by atoms with Gasteiger partial charge in [0, 0.05) is 0 Å². The van der Waals surface area contributed by atoms with Crippen LogP contribution in [0.25, 0.3) is 0 Å². The van der Waals surface area contributed by atoms with Crippen LogP contribution in [0.1, 0.15) is 50.7 Å². The van der Waals surface area contributed by atoms with Gasteiger partial charge < -0.3 is 4.74 Å². The van der Waals surface area contributed by atoms with E-state index in [4.69, 9.17) is 4.74 Å².